The van der Waals surface area contributed by atoms with Gasteiger partial charge in [0.2, 0.25) is 5.69 Å². The molecular weight excluding hydrogens is 322 g/mol. The van der Waals surface area contributed by atoms with Crippen LogP contribution in [0, 0.1) is 0 Å². The van der Waals surface area contributed by atoms with Gasteiger partial charge in [-0.1, -0.05) is 24.3 Å². The topological polar surface area (TPSA) is 82.5 Å². The molecule has 1 aromatic heterocycles. The van der Waals surface area contributed by atoms with Gasteiger partial charge in [0.25, 0.3) is 11.6 Å². The van der Waals surface area contributed by atoms with Crippen molar-refractivity contribution in [2.24, 2.45) is 0 Å². The number of para-hydroxylation sites is 1. The molecule has 0 fully saturated rings. The molecule has 25 heavy (non-hydrogen) atoms. The molecule has 7 heteroatoms. The normalized spacial score (nSPS) is 10.5. The molecule has 0 spiro atoms. The van der Waals surface area contributed by atoms with E-state index < -0.39 is 5.95 Å². The molecule has 2 aromatic carbocycles. The van der Waals surface area contributed by atoms with E-state index in [0.29, 0.717) is 17.0 Å². The van der Waals surface area contributed by atoms with Crippen molar-refractivity contribution in [2.75, 3.05) is 14.2 Å². The third kappa shape index (κ3) is 3.45. The Labute approximate surface area is 144 Å². The average Bonchev–Trinajstić information content (AvgIpc) is 3.02. The number of aromatic nitrogens is 2. The Kier molecular flexibility index (Phi) is 4.65. The number of hydrogen-bond donors (Lipinski definition) is 0. The van der Waals surface area contributed by atoms with Gasteiger partial charge in [0.15, 0.2) is 5.95 Å². The third-order valence-electron chi connectivity index (χ3n) is 3.75. The molecule has 0 aliphatic heterocycles. The Morgan fingerprint density at radius 1 is 1.24 bits per heavy atom. The standard InChI is InChI=1S/C18H17N3O4/c1-20(17(22)13-7-6-10-15(11-13)24-2)12-16-18(23)25-19-21(16)14-8-4-3-5-9-14/h3-11H,12H2,1-2H3. The van der Waals surface area contributed by atoms with E-state index in [-0.39, 0.29) is 18.1 Å². The van der Waals surface area contributed by atoms with Crippen LogP contribution in [0.15, 0.2) is 59.1 Å². The van der Waals surface area contributed by atoms with Crippen molar-refractivity contribution in [3.8, 4) is 17.4 Å². The molecule has 128 valence electrons. The van der Waals surface area contributed by atoms with Crippen molar-refractivity contribution in [1.29, 1.82) is 0 Å². The van der Waals surface area contributed by atoms with Crippen LogP contribution in [-0.4, -0.2) is 30.2 Å². The van der Waals surface area contributed by atoms with E-state index in [1.54, 1.807) is 43.4 Å². The number of ether oxygens (including phenoxy) is 1. The minimum absolute atomic E-state index is 0.0628. The lowest BCUT2D eigenvalue weighted by Gasteiger charge is -2.15. The number of carbonyl (C=O) groups excluding carboxylic acids is 1. The number of amides is 1. The summed E-state index contributed by atoms with van der Waals surface area (Å²) in [6.07, 6.45) is 0. The van der Waals surface area contributed by atoms with E-state index in [1.807, 2.05) is 18.2 Å². The zero-order chi connectivity index (χ0) is 17.8. The highest BCUT2D eigenvalue weighted by atomic mass is 16.6. The van der Waals surface area contributed by atoms with Crippen molar-refractivity contribution < 1.29 is 23.8 Å². The minimum atomic E-state index is -0.575. The number of hydrogen-bond acceptors (Lipinski definition) is 5. The van der Waals surface area contributed by atoms with Gasteiger partial charge in [-0.05, 0) is 22.9 Å². The first-order valence-corrected chi connectivity index (χ1v) is 7.63. The van der Waals surface area contributed by atoms with E-state index in [2.05, 4.69) is 5.27 Å². The fourth-order valence-corrected chi connectivity index (χ4v) is 2.44. The van der Waals surface area contributed by atoms with Gasteiger partial charge in [-0.25, -0.2) is 0 Å². The predicted molar refractivity (Wildman–Crippen MR) is 86.3 cm³/mol. The molecule has 0 aliphatic carbocycles. The first-order chi connectivity index (χ1) is 12.1. The van der Waals surface area contributed by atoms with Gasteiger partial charge in [0, 0.05) is 24.7 Å². The van der Waals surface area contributed by atoms with Gasteiger partial charge in [-0.2, -0.15) is 0 Å². The second-order valence-electron chi connectivity index (χ2n) is 5.45. The highest BCUT2D eigenvalue weighted by molar-refractivity contribution is 5.94. The van der Waals surface area contributed by atoms with E-state index in [4.69, 9.17) is 9.26 Å². The molecule has 0 unspecified atom stereocenters. The molecule has 3 aromatic rings. The van der Waals surface area contributed by atoms with Gasteiger partial charge in [-0.3, -0.25) is 4.79 Å². The van der Waals surface area contributed by atoms with Gasteiger partial charge < -0.3 is 19.3 Å². The van der Waals surface area contributed by atoms with Crippen molar-refractivity contribution >= 4 is 5.91 Å². The average molecular weight is 339 g/mol. The molecule has 7 nitrogen and oxygen atoms in total. The van der Waals surface area contributed by atoms with Crippen LogP contribution in [-0.2, 0) is 6.54 Å². The molecule has 0 saturated heterocycles. The van der Waals surface area contributed by atoms with Crippen LogP contribution in [0.4, 0.5) is 0 Å². The number of benzene rings is 2. The quantitative estimate of drug-likeness (QED) is 0.655. The first-order valence-electron chi connectivity index (χ1n) is 7.63. The number of methoxy groups -OCH3 is 1. The summed E-state index contributed by atoms with van der Waals surface area (Å²) in [5.41, 5.74) is 1.42. The smallest absolute Gasteiger partial charge is 0.259 e. The van der Waals surface area contributed by atoms with E-state index in [0.717, 1.165) is 0 Å². The molecule has 0 saturated carbocycles. The Morgan fingerprint density at radius 2 is 2.00 bits per heavy atom. The summed E-state index contributed by atoms with van der Waals surface area (Å²) in [6.45, 7) is 0.0628. The van der Waals surface area contributed by atoms with Crippen molar-refractivity contribution in [3.05, 3.63) is 65.9 Å². The maximum atomic E-state index is 12.6. The summed E-state index contributed by atoms with van der Waals surface area (Å²) in [7, 11) is 3.15. The van der Waals surface area contributed by atoms with E-state index >= 15 is 0 Å². The fourth-order valence-electron chi connectivity index (χ4n) is 2.44. The molecule has 3 rings (SSSR count). The summed E-state index contributed by atoms with van der Waals surface area (Å²) < 4.78 is 11.3. The first kappa shape index (κ1) is 16.5. The SMILES string of the molecule is COc1cccc(C(=O)N(C)Cc2c([O-])on[n+]2-c2ccccc2)c1. The van der Waals surface area contributed by atoms with Crippen LogP contribution in [0.3, 0.4) is 0 Å². The van der Waals surface area contributed by atoms with Gasteiger partial charge in [0.05, 0.1) is 12.4 Å². The molecule has 0 radical (unpaired) electrons. The maximum absolute atomic E-state index is 12.6. The van der Waals surface area contributed by atoms with Crippen LogP contribution in [0.25, 0.3) is 5.69 Å². The van der Waals surface area contributed by atoms with Gasteiger partial charge in [0.1, 0.15) is 12.3 Å². The number of rotatable bonds is 5. The molecule has 1 heterocycles. The molecule has 0 N–H and O–H groups in total. The molecule has 0 bridgehead atoms. The third-order valence-corrected chi connectivity index (χ3v) is 3.75. The fraction of sp³-hybridized carbons (Fsp3) is 0.167. The lowest BCUT2D eigenvalue weighted by atomic mass is 10.2. The predicted octanol–water partition coefficient (Wildman–Crippen LogP) is 1.31. The van der Waals surface area contributed by atoms with Crippen molar-refractivity contribution in [3.63, 3.8) is 0 Å². The molecule has 1 amide bonds. The zero-order valence-corrected chi connectivity index (χ0v) is 13.9. The Morgan fingerprint density at radius 3 is 2.72 bits per heavy atom. The zero-order valence-electron chi connectivity index (χ0n) is 13.9. The Hall–Kier alpha value is -3.35. The van der Waals surface area contributed by atoms with E-state index in [1.165, 1.54) is 16.7 Å². The Bertz CT molecular complexity index is 877. The minimum Gasteiger partial charge on any atom is -0.539 e. The van der Waals surface area contributed by atoms with Crippen LogP contribution < -0.4 is 14.5 Å². The van der Waals surface area contributed by atoms with Crippen molar-refractivity contribution in [1.82, 2.24) is 10.2 Å². The second kappa shape index (κ2) is 7.04. The number of carbonyl (C=O) groups is 1. The maximum Gasteiger partial charge on any atom is 0.259 e. The summed E-state index contributed by atoms with van der Waals surface area (Å²) in [6, 6.07) is 16.0. The van der Waals surface area contributed by atoms with Crippen LogP contribution >= 0.6 is 0 Å². The molecular formula is C18H17N3O4. The van der Waals surface area contributed by atoms with Gasteiger partial charge >= 0.3 is 0 Å². The van der Waals surface area contributed by atoms with Crippen LogP contribution in [0.5, 0.6) is 11.7 Å². The van der Waals surface area contributed by atoms with Crippen LogP contribution in [0.2, 0.25) is 0 Å². The monoisotopic (exact) mass is 339 g/mol. The largest absolute Gasteiger partial charge is 0.539 e. The van der Waals surface area contributed by atoms with Gasteiger partial charge in [-0.15, -0.1) is 0 Å². The molecule has 0 atom stereocenters. The Balaban J connectivity index is 1.85. The highest BCUT2D eigenvalue weighted by Gasteiger charge is 2.24. The lowest BCUT2D eigenvalue weighted by molar-refractivity contribution is -0.678. The summed E-state index contributed by atoms with van der Waals surface area (Å²) >= 11 is 0. The van der Waals surface area contributed by atoms with E-state index in [9.17, 15) is 9.90 Å². The number of nitrogens with zero attached hydrogens (tertiary/aromatic N) is 3. The van der Waals surface area contributed by atoms with Crippen LogP contribution in [0.1, 0.15) is 16.1 Å². The summed E-state index contributed by atoms with van der Waals surface area (Å²) in [5, 5.41) is 15.8. The lowest BCUT2D eigenvalue weighted by Crippen LogP contribution is -2.40. The summed E-state index contributed by atoms with van der Waals surface area (Å²) in [5.74, 6) is -0.221. The second-order valence-corrected chi connectivity index (χ2v) is 5.45. The summed E-state index contributed by atoms with van der Waals surface area (Å²) in [4.78, 5) is 14.0. The van der Waals surface area contributed by atoms with Crippen molar-refractivity contribution in [2.45, 2.75) is 6.54 Å². The molecule has 0 aliphatic rings. The highest BCUT2D eigenvalue weighted by Crippen LogP contribution is 2.17.